The minimum atomic E-state index is -0.271. The number of imide groups is 1. The highest BCUT2D eigenvalue weighted by molar-refractivity contribution is 6.35. The Morgan fingerprint density at radius 3 is 2.35 bits per heavy atom. The van der Waals surface area contributed by atoms with Crippen molar-refractivity contribution in [1.29, 1.82) is 0 Å². The molecule has 1 fully saturated rings. The molecule has 3 heterocycles. The van der Waals surface area contributed by atoms with Gasteiger partial charge < -0.3 is 14.5 Å². The van der Waals surface area contributed by atoms with E-state index in [4.69, 9.17) is 4.74 Å². The molecule has 4 rings (SSSR count). The van der Waals surface area contributed by atoms with Crippen molar-refractivity contribution in [3.05, 3.63) is 65.6 Å². The monoisotopic (exact) mass is 420 g/mol. The third-order valence-corrected chi connectivity index (χ3v) is 5.63. The molecule has 1 aromatic heterocycles. The topological polar surface area (TPSA) is 66.0 Å². The molecule has 31 heavy (non-hydrogen) atoms. The van der Waals surface area contributed by atoms with Crippen LogP contribution in [0.4, 0.5) is 0 Å². The lowest BCUT2D eigenvalue weighted by Gasteiger charge is -2.34. The van der Waals surface area contributed by atoms with Crippen LogP contribution in [-0.2, 0) is 16.1 Å². The molecule has 1 saturated heterocycles. The van der Waals surface area contributed by atoms with E-state index >= 15 is 0 Å². The maximum absolute atomic E-state index is 13.4. The first-order chi connectivity index (χ1) is 15.1. The van der Waals surface area contributed by atoms with Crippen LogP contribution in [0.15, 0.2) is 54.4 Å². The Morgan fingerprint density at radius 2 is 1.71 bits per heavy atom. The predicted molar refractivity (Wildman–Crippen MR) is 118 cm³/mol. The summed E-state index contributed by atoms with van der Waals surface area (Å²) >= 11 is 0. The number of carbonyl (C=O) groups is 2. The maximum atomic E-state index is 13.4. The molecule has 0 aliphatic carbocycles. The van der Waals surface area contributed by atoms with Gasteiger partial charge in [-0.1, -0.05) is 25.1 Å². The van der Waals surface area contributed by atoms with Crippen molar-refractivity contribution >= 4 is 17.4 Å². The van der Waals surface area contributed by atoms with Gasteiger partial charge in [0, 0.05) is 32.4 Å². The number of amides is 2. The fourth-order valence-electron chi connectivity index (χ4n) is 3.88. The average molecular weight is 421 g/mol. The molecule has 0 spiro atoms. The van der Waals surface area contributed by atoms with E-state index in [1.165, 1.54) is 4.90 Å². The first kappa shape index (κ1) is 21.1. The van der Waals surface area contributed by atoms with Gasteiger partial charge in [-0.3, -0.25) is 19.5 Å². The second kappa shape index (κ2) is 9.31. The zero-order valence-corrected chi connectivity index (χ0v) is 18.1. The number of piperazine rings is 1. The van der Waals surface area contributed by atoms with E-state index in [1.54, 1.807) is 6.20 Å². The zero-order valence-electron chi connectivity index (χ0n) is 18.1. The maximum Gasteiger partial charge on any atom is 0.278 e. The van der Waals surface area contributed by atoms with Gasteiger partial charge in [0.1, 0.15) is 11.4 Å². The van der Waals surface area contributed by atoms with E-state index in [0.717, 1.165) is 30.8 Å². The number of likely N-dealkylation sites (N-methyl/N-ethyl adjacent to an activating group) is 1. The van der Waals surface area contributed by atoms with Crippen LogP contribution in [0.2, 0.25) is 0 Å². The predicted octanol–water partition coefficient (Wildman–Crippen LogP) is 2.40. The third kappa shape index (κ3) is 4.46. The molecule has 1 aromatic carbocycles. The van der Waals surface area contributed by atoms with Crippen molar-refractivity contribution in [3.8, 4) is 5.75 Å². The molecule has 0 N–H and O–H groups in total. The third-order valence-electron chi connectivity index (χ3n) is 5.63. The number of carbonyl (C=O) groups excluding carboxylic acids is 2. The fourth-order valence-corrected chi connectivity index (χ4v) is 3.88. The van der Waals surface area contributed by atoms with Gasteiger partial charge >= 0.3 is 0 Å². The smallest absolute Gasteiger partial charge is 0.278 e. The van der Waals surface area contributed by atoms with E-state index in [1.807, 2.05) is 42.5 Å². The molecule has 2 amide bonds. The van der Waals surface area contributed by atoms with Crippen molar-refractivity contribution < 1.29 is 14.3 Å². The number of hydrogen-bond acceptors (Lipinski definition) is 6. The van der Waals surface area contributed by atoms with Gasteiger partial charge in [-0.15, -0.1) is 0 Å². The van der Waals surface area contributed by atoms with Crippen molar-refractivity contribution in [3.63, 3.8) is 0 Å². The SMILES string of the molecule is CCCOc1ccc(C2=C(N3CCN(C)CC3)C(=O)N(Cc3ccccn3)C2=O)cc1. The molecule has 2 aliphatic heterocycles. The van der Waals surface area contributed by atoms with Crippen LogP contribution >= 0.6 is 0 Å². The number of aromatic nitrogens is 1. The molecule has 162 valence electrons. The van der Waals surface area contributed by atoms with Crippen LogP contribution in [0.1, 0.15) is 24.6 Å². The lowest BCUT2D eigenvalue weighted by Crippen LogP contribution is -2.46. The van der Waals surface area contributed by atoms with Crippen LogP contribution in [-0.4, -0.2) is 71.3 Å². The largest absolute Gasteiger partial charge is 0.494 e. The van der Waals surface area contributed by atoms with Crippen LogP contribution in [0.5, 0.6) is 5.75 Å². The fraction of sp³-hybridized carbons (Fsp3) is 0.375. The first-order valence-corrected chi connectivity index (χ1v) is 10.8. The Morgan fingerprint density at radius 1 is 0.968 bits per heavy atom. The highest BCUT2D eigenvalue weighted by Gasteiger charge is 2.42. The van der Waals surface area contributed by atoms with Crippen LogP contribution < -0.4 is 4.74 Å². The molecule has 0 radical (unpaired) electrons. The zero-order chi connectivity index (χ0) is 21.8. The molecule has 7 heteroatoms. The minimum Gasteiger partial charge on any atom is -0.494 e. The highest BCUT2D eigenvalue weighted by Crippen LogP contribution is 2.33. The normalized spacial score (nSPS) is 17.6. The first-order valence-electron chi connectivity index (χ1n) is 10.8. The van der Waals surface area contributed by atoms with E-state index in [-0.39, 0.29) is 18.4 Å². The van der Waals surface area contributed by atoms with Crippen molar-refractivity contribution in [2.45, 2.75) is 19.9 Å². The Hall–Kier alpha value is -3.19. The highest BCUT2D eigenvalue weighted by atomic mass is 16.5. The van der Waals surface area contributed by atoms with Gasteiger partial charge in [0.15, 0.2) is 0 Å². The molecule has 7 nitrogen and oxygen atoms in total. The summed E-state index contributed by atoms with van der Waals surface area (Å²) in [7, 11) is 2.07. The summed E-state index contributed by atoms with van der Waals surface area (Å²) in [5, 5.41) is 0. The molecule has 0 bridgehead atoms. The molecular formula is C24H28N4O3. The Kier molecular flexibility index (Phi) is 6.32. The molecular weight excluding hydrogens is 392 g/mol. The number of pyridine rings is 1. The summed E-state index contributed by atoms with van der Waals surface area (Å²) in [6, 6.07) is 13.0. The van der Waals surface area contributed by atoms with Gasteiger partial charge in [0.2, 0.25) is 0 Å². The Bertz CT molecular complexity index is 964. The molecule has 2 aliphatic rings. The standard InChI is InChI=1S/C24H28N4O3/c1-3-16-31-20-9-7-18(8-10-20)21-22(27-14-12-26(2)13-15-27)24(30)28(23(21)29)17-19-6-4-5-11-25-19/h4-11H,3,12-17H2,1-2H3. The second-order valence-corrected chi connectivity index (χ2v) is 7.90. The lowest BCUT2D eigenvalue weighted by molar-refractivity contribution is -0.138. The van der Waals surface area contributed by atoms with E-state index in [2.05, 4.69) is 28.8 Å². The van der Waals surface area contributed by atoms with Crippen LogP contribution in [0, 0.1) is 0 Å². The van der Waals surface area contributed by atoms with Crippen molar-refractivity contribution in [2.75, 3.05) is 39.8 Å². The average Bonchev–Trinajstić information content (AvgIpc) is 3.04. The summed E-state index contributed by atoms with van der Waals surface area (Å²) in [5.74, 6) is 0.239. The number of hydrogen-bond donors (Lipinski definition) is 0. The van der Waals surface area contributed by atoms with E-state index in [0.29, 0.717) is 36.7 Å². The summed E-state index contributed by atoms with van der Waals surface area (Å²) in [5.41, 5.74) is 2.38. The summed E-state index contributed by atoms with van der Waals surface area (Å²) in [4.78, 5) is 36.8. The summed E-state index contributed by atoms with van der Waals surface area (Å²) in [6.45, 7) is 5.98. The quantitative estimate of drug-likeness (QED) is 0.641. The van der Waals surface area contributed by atoms with Gasteiger partial charge in [-0.2, -0.15) is 0 Å². The number of nitrogens with zero attached hydrogens (tertiary/aromatic N) is 4. The van der Waals surface area contributed by atoms with Crippen molar-refractivity contribution in [1.82, 2.24) is 19.7 Å². The second-order valence-electron chi connectivity index (χ2n) is 7.90. The van der Waals surface area contributed by atoms with Gasteiger partial charge in [-0.25, -0.2) is 0 Å². The van der Waals surface area contributed by atoms with Crippen LogP contribution in [0.25, 0.3) is 5.57 Å². The number of benzene rings is 1. The Balaban J connectivity index is 1.67. The summed E-state index contributed by atoms with van der Waals surface area (Å²) in [6.07, 6.45) is 2.60. The van der Waals surface area contributed by atoms with E-state index < -0.39 is 0 Å². The number of rotatable bonds is 7. The Labute approximate surface area is 182 Å². The van der Waals surface area contributed by atoms with E-state index in [9.17, 15) is 9.59 Å². The molecule has 0 saturated carbocycles. The van der Waals surface area contributed by atoms with Gasteiger partial charge in [-0.05, 0) is 43.3 Å². The van der Waals surface area contributed by atoms with Crippen molar-refractivity contribution in [2.24, 2.45) is 0 Å². The molecule has 0 atom stereocenters. The molecule has 0 unspecified atom stereocenters. The lowest BCUT2D eigenvalue weighted by atomic mass is 10.0. The molecule has 2 aromatic rings. The van der Waals surface area contributed by atoms with Gasteiger partial charge in [0.25, 0.3) is 11.8 Å². The summed E-state index contributed by atoms with van der Waals surface area (Å²) < 4.78 is 5.67. The minimum absolute atomic E-state index is 0.164. The number of ether oxygens (including phenoxy) is 1. The van der Waals surface area contributed by atoms with Gasteiger partial charge in [0.05, 0.1) is 24.4 Å². The van der Waals surface area contributed by atoms with Crippen LogP contribution in [0.3, 0.4) is 0 Å².